The largest absolute Gasteiger partial charge is 0.396 e. The highest BCUT2D eigenvalue weighted by molar-refractivity contribution is 6.02. The zero-order chi connectivity index (χ0) is 15.0. The zero-order valence-corrected chi connectivity index (χ0v) is 11.7. The number of halogens is 1. The average Bonchev–Trinajstić information content (AvgIpc) is 2.67. The van der Waals surface area contributed by atoms with Crippen LogP contribution < -0.4 is 10.2 Å². The van der Waals surface area contributed by atoms with E-state index in [9.17, 15) is 14.3 Å². The number of aliphatic hydroxyl groups is 2. The van der Waals surface area contributed by atoms with Crippen LogP contribution in [0, 0.1) is 5.82 Å². The number of hydrogen-bond donors (Lipinski definition) is 3. The molecule has 2 aliphatic rings. The first-order chi connectivity index (χ1) is 10.1. The van der Waals surface area contributed by atoms with Crippen LogP contribution in [0.4, 0.5) is 15.8 Å². The molecule has 0 aromatic heterocycles. The van der Waals surface area contributed by atoms with Crippen LogP contribution in [-0.2, 0) is 4.79 Å². The smallest absolute Gasteiger partial charge is 0.257 e. The van der Waals surface area contributed by atoms with Crippen LogP contribution in [0.1, 0.15) is 37.4 Å². The third-order valence-corrected chi connectivity index (χ3v) is 4.30. The summed E-state index contributed by atoms with van der Waals surface area (Å²) in [7, 11) is 0. The molecule has 1 fully saturated rings. The van der Waals surface area contributed by atoms with Crippen LogP contribution in [-0.4, -0.2) is 35.3 Å². The quantitative estimate of drug-likeness (QED) is 0.770. The van der Waals surface area contributed by atoms with Crippen molar-refractivity contribution in [2.75, 3.05) is 23.4 Å². The summed E-state index contributed by atoms with van der Waals surface area (Å²) in [5.41, 5.74) is 1.19. The van der Waals surface area contributed by atoms with Gasteiger partial charge in [-0.2, -0.15) is 0 Å². The van der Waals surface area contributed by atoms with Crippen LogP contribution >= 0.6 is 0 Å². The minimum absolute atomic E-state index is 0.0607. The first-order valence-corrected chi connectivity index (χ1v) is 7.31. The van der Waals surface area contributed by atoms with Crippen LogP contribution in [0.5, 0.6) is 0 Å². The first kappa shape index (κ1) is 14.3. The summed E-state index contributed by atoms with van der Waals surface area (Å²) < 4.78 is 14.4. The molecule has 3 rings (SSSR count). The van der Waals surface area contributed by atoms with Gasteiger partial charge in [0, 0.05) is 30.4 Å². The van der Waals surface area contributed by atoms with Crippen molar-refractivity contribution in [3.8, 4) is 0 Å². The van der Waals surface area contributed by atoms with Crippen molar-refractivity contribution in [2.45, 2.75) is 37.8 Å². The number of carbonyl (C=O) groups is 1. The number of carbonyl (C=O) groups excluding carboxylic acids is 1. The van der Waals surface area contributed by atoms with E-state index in [2.05, 4.69) is 5.32 Å². The van der Waals surface area contributed by atoms with Gasteiger partial charge in [-0.25, -0.2) is 4.39 Å². The van der Waals surface area contributed by atoms with Crippen molar-refractivity contribution in [1.82, 2.24) is 0 Å². The molecule has 1 aromatic rings. The van der Waals surface area contributed by atoms with E-state index in [4.69, 9.17) is 5.11 Å². The highest BCUT2D eigenvalue weighted by atomic mass is 19.1. The topological polar surface area (TPSA) is 72.8 Å². The predicted molar refractivity (Wildman–Crippen MR) is 76.7 cm³/mol. The Bertz CT molecular complexity index is 560. The Balaban J connectivity index is 1.93. The summed E-state index contributed by atoms with van der Waals surface area (Å²) in [5, 5.41) is 21.3. The van der Waals surface area contributed by atoms with Crippen molar-refractivity contribution >= 4 is 17.3 Å². The minimum atomic E-state index is -1.29. The number of fused-ring (bicyclic) bond motifs is 1. The number of nitrogens with one attached hydrogen (secondary N) is 1. The van der Waals surface area contributed by atoms with Crippen molar-refractivity contribution in [3.05, 3.63) is 23.5 Å². The fourth-order valence-electron chi connectivity index (χ4n) is 2.91. The van der Waals surface area contributed by atoms with E-state index in [0.717, 1.165) is 19.3 Å². The van der Waals surface area contributed by atoms with E-state index >= 15 is 0 Å². The molecule has 1 amide bonds. The molecule has 1 heterocycles. The number of rotatable bonds is 5. The first-order valence-electron chi connectivity index (χ1n) is 7.31. The van der Waals surface area contributed by atoms with Crippen molar-refractivity contribution in [1.29, 1.82) is 0 Å². The fourth-order valence-corrected chi connectivity index (χ4v) is 2.91. The molecular formula is C15H19FN2O3. The summed E-state index contributed by atoms with van der Waals surface area (Å²) in [4.78, 5) is 13.4. The maximum absolute atomic E-state index is 14.4. The number of amides is 1. The molecule has 0 radical (unpaired) electrons. The lowest BCUT2D eigenvalue weighted by Gasteiger charge is -2.39. The molecule has 3 N–H and O–H groups in total. The van der Waals surface area contributed by atoms with Gasteiger partial charge in [0.25, 0.3) is 5.91 Å². The summed E-state index contributed by atoms with van der Waals surface area (Å²) in [6, 6.07) is 3.11. The van der Waals surface area contributed by atoms with Crippen LogP contribution in [0.3, 0.4) is 0 Å². The van der Waals surface area contributed by atoms with Crippen molar-refractivity contribution in [3.63, 3.8) is 0 Å². The third-order valence-electron chi connectivity index (χ3n) is 4.30. The standard InChI is InChI=1S/C15H19FN2O3/c16-11-7-10-12(17-15(21)14(10)20)8-13(11)18(5-2-6-19)9-3-1-4-9/h7-9,14,19-20H,1-6H2,(H,17,21). The van der Waals surface area contributed by atoms with Gasteiger partial charge in [-0.05, 0) is 37.8 Å². The van der Waals surface area contributed by atoms with Gasteiger partial charge in [-0.15, -0.1) is 0 Å². The molecule has 1 aliphatic heterocycles. The third kappa shape index (κ3) is 2.49. The highest BCUT2D eigenvalue weighted by Gasteiger charge is 2.32. The number of hydrogen-bond acceptors (Lipinski definition) is 4. The van der Waals surface area contributed by atoms with Gasteiger partial charge >= 0.3 is 0 Å². The normalized spacial score (nSPS) is 20.9. The number of benzene rings is 1. The minimum Gasteiger partial charge on any atom is -0.396 e. The average molecular weight is 294 g/mol. The molecule has 0 saturated heterocycles. The number of anilines is 2. The molecular weight excluding hydrogens is 275 g/mol. The lowest BCUT2D eigenvalue weighted by atomic mass is 9.90. The maximum atomic E-state index is 14.4. The zero-order valence-electron chi connectivity index (χ0n) is 11.7. The molecule has 0 spiro atoms. The van der Waals surface area contributed by atoms with Crippen LogP contribution in [0.2, 0.25) is 0 Å². The molecule has 1 unspecified atom stereocenters. The maximum Gasteiger partial charge on any atom is 0.257 e. The van der Waals surface area contributed by atoms with Gasteiger partial charge in [0.1, 0.15) is 5.82 Å². The van der Waals surface area contributed by atoms with Crippen molar-refractivity contribution < 1.29 is 19.4 Å². The van der Waals surface area contributed by atoms with Crippen LogP contribution in [0.15, 0.2) is 12.1 Å². The van der Waals surface area contributed by atoms with Gasteiger partial charge in [0.2, 0.25) is 0 Å². The Morgan fingerprint density at radius 3 is 2.76 bits per heavy atom. The Hall–Kier alpha value is -1.66. The lowest BCUT2D eigenvalue weighted by molar-refractivity contribution is -0.123. The SMILES string of the molecule is O=C1Nc2cc(N(CCCO)C3CCC3)c(F)cc2C1O. The van der Waals surface area contributed by atoms with E-state index in [1.807, 2.05) is 4.90 Å². The molecule has 1 aliphatic carbocycles. The second kappa shape index (κ2) is 5.61. The van der Waals surface area contributed by atoms with Gasteiger partial charge in [0.15, 0.2) is 6.10 Å². The predicted octanol–water partition coefficient (Wildman–Crippen LogP) is 1.55. The lowest BCUT2D eigenvalue weighted by Crippen LogP contribution is -2.41. The monoisotopic (exact) mass is 294 g/mol. The Kier molecular flexibility index (Phi) is 3.82. The van der Waals surface area contributed by atoms with E-state index in [1.54, 1.807) is 6.07 Å². The van der Waals surface area contributed by atoms with E-state index in [-0.39, 0.29) is 18.2 Å². The molecule has 1 aromatic carbocycles. The second-order valence-corrected chi connectivity index (χ2v) is 5.64. The molecule has 114 valence electrons. The Morgan fingerprint density at radius 2 is 2.14 bits per heavy atom. The van der Waals surface area contributed by atoms with Gasteiger partial charge < -0.3 is 20.4 Å². The summed E-state index contributed by atoms with van der Waals surface area (Å²) in [5.74, 6) is -0.957. The Labute approximate surface area is 122 Å². The van der Waals surface area contributed by atoms with Gasteiger partial charge in [-0.3, -0.25) is 4.79 Å². The van der Waals surface area contributed by atoms with Crippen LogP contribution in [0.25, 0.3) is 0 Å². The van der Waals surface area contributed by atoms with E-state index in [1.165, 1.54) is 6.07 Å². The molecule has 1 saturated carbocycles. The highest BCUT2D eigenvalue weighted by Crippen LogP contribution is 2.38. The van der Waals surface area contributed by atoms with Gasteiger partial charge in [0.05, 0.1) is 5.69 Å². The van der Waals surface area contributed by atoms with Gasteiger partial charge in [-0.1, -0.05) is 0 Å². The summed E-state index contributed by atoms with van der Waals surface area (Å²) >= 11 is 0. The molecule has 5 nitrogen and oxygen atoms in total. The fraction of sp³-hybridized carbons (Fsp3) is 0.533. The van der Waals surface area contributed by atoms with E-state index < -0.39 is 17.8 Å². The molecule has 0 bridgehead atoms. The molecule has 6 heteroatoms. The van der Waals surface area contributed by atoms with Crippen molar-refractivity contribution in [2.24, 2.45) is 0 Å². The molecule has 21 heavy (non-hydrogen) atoms. The summed E-state index contributed by atoms with van der Waals surface area (Å²) in [6.45, 7) is 0.638. The number of aliphatic hydroxyl groups excluding tert-OH is 2. The Morgan fingerprint density at radius 1 is 1.38 bits per heavy atom. The van der Waals surface area contributed by atoms with E-state index in [0.29, 0.717) is 24.3 Å². The molecule has 1 atom stereocenters. The second-order valence-electron chi connectivity index (χ2n) is 5.64. The summed E-state index contributed by atoms with van der Waals surface area (Å²) in [6.07, 6.45) is 2.43. The number of nitrogens with zero attached hydrogens (tertiary/aromatic N) is 1.